The molecule has 0 aliphatic carbocycles. The van der Waals surface area contributed by atoms with Crippen LogP contribution in [0.4, 0.5) is 0 Å². The summed E-state index contributed by atoms with van der Waals surface area (Å²) in [7, 11) is 0.941. The van der Waals surface area contributed by atoms with Crippen LogP contribution < -0.4 is 10.6 Å². The minimum absolute atomic E-state index is 0.143. The van der Waals surface area contributed by atoms with Gasteiger partial charge in [0, 0.05) is 41.4 Å². The number of guanidine groups is 1. The third kappa shape index (κ3) is 8.50. The van der Waals surface area contributed by atoms with Crippen LogP contribution in [0, 0.1) is 5.92 Å². The maximum Gasteiger partial charge on any atom is 0.191 e. The van der Waals surface area contributed by atoms with Crippen molar-refractivity contribution in [1.29, 1.82) is 0 Å². The molecule has 4 nitrogen and oxygen atoms in total. The zero-order chi connectivity index (χ0) is 14.2. The van der Waals surface area contributed by atoms with Gasteiger partial charge in [0.2, 0.25) is 0 Å². The predicted molar refractivity (Wildman–Crippen MR) is 81.6 cm³/mol. The Hall–Kier alpha value is -0.580. The first-order valence-corrected chi connectivity index (χ1v) is 7.92. The molecule has 18 heavy (non-hydrogen) atoms. The lowest BCUT2D eigenvalue weighted by atomic mass is 10.1. The molecule has 0 aliphatic heterocycles. The Morgan fingerprint density at radius 3 is 2.22 bits per heavy atom. The van der Waals surface area contributed by atoms with E-state index in [4.69, 9.17) is 0 Å². The van der Waals surface area contributed by atoms with Gasteiger partial charge in [0.25, 0.3) is 0 Å². The van der Waals surface area contributed by atoms with Crippen LogP contribution in [-0.2, 0) is 10.8 Å². The van der Waals surface area contributed by atoms with Crippen LogP contribution in [0.3, 0.4) is 0 Å². The van der Waals surface area contributed by atoms with Crippen LogP contribution in [0.5, 0.6) is 0 Å². The van der Waals surface area contributed by atoms with Crippen LogP contribution in [0.25, 0.3) is 0 Å². The van der Waals surface area contributed by atoms with Gasteiger partial charge in [-0.3, -0.25) is 9.20 Å². The van der Waals surface area contributed by atoms with E-state index in [1.165, 1.54) is 0 Å². The largest absolute Gasteiger partial charge is 0.356 e. The van der Waals surface area contributed by atoms with Crippen LogP contribution in [0.1, 0.15) is 41.0 Å². The minimum Gasteiger partial charge on any atom is -0.356 e. The maximum absolute atomic E-state index is 11.8. The van der Waals surface area contributed by atoms with Crippen molar-refractivity contribution >= 4 is 16.8 Å². The second-order valence-electron chi connectivity index (χ2n) is 5.77. The Bertz CT molecular complexity index is 282. The fourth-order valence-corrected chi connectivity index (χ4v) is 2.17. The molecule has 0 amide bonds. The summed E-state index contributed by atoms with van der Waals surface area (Å²) < 4.78 is 11.7. The van der Waals surface area contributed by atoms with Crippen molar-refractivity contribution in [3.8, 4) is 0 Å². The van der Waals surface area contributed by atoms with Crippen LogP contribution in [0.15, 0.2) is 4.99 Å². The molecular formula is C13H29N3OS. The summed E-state index contributed by atoms with van der Waals surface area (Å²) in [5.74, 6) is 2.12. The van der Waals surface area contributed by atoms with E-state index < -0.39 is 10.8 Å². The van der Waals surface area contributed by atoms with Crippen molar-refractivity contribution in [2.24, 2.45) is 10.9 Å². The average molecular weight is 275 g/mol. The second kappa shape index (κ2) is 8.51. The number of nitrogens with one attached hydrogen (secondary N) is 2. The summed E-state index contributed by atoms with van der Waals surface area (Å²) >= 11 is 0. The summed E-state index contributed by atoms with van der Waals surface area (Å²) in [6.45, 7) is 12.0. The molecule has 0 aliphatic rings. The molecule has 0 saturated heterocycles. The number of nitrogens with zero attached hydrogens (tertiary/aromatic N) is 1. The Balaban J connectivity index is 3.86. The van der Waals surface area contributed by atoms with E-state index in [0.29, 0.717) is 18.2 Å². The van der Waals surface area contributed by atoms with E-state index in [1.54, 1.807) is 7.05 Å². The first kappa shape index (κ1) is 17.4. The quantitative estimate of drug-likeness (QED) is 0.573. The number of aliphatic imine (C=N–C) groups is 1. The summed E-state index contributed by atoms with van der Waals surface area (Å²) in [5.41, 5.74) is 0. The van der Waals surface area contributed by atoms with Gasteiger partial charge in [-0.2, -0.15) is 0 Å². The van der Waals surface area contributed by atoms with E-state index in [1.807, 2.05) is 20.8 Å². The third-order valence-electron chi connectivity index (χ3n) is 2.50. The molecule has 0 radical (unpaired) electrons. The van der Waals surface area contributed by atoms with Gasteiger partial charge in [0.15, 0.2) is 5.96 Å². The molecule has 2 N–H and O–H groups in total. The van der Waals surface area contributed by atoms with Crippen molar-refractivity contribution in [1.82, 2.24) is 10.6 Å². The van der Waals surface area contributed by atoms with Crippen LogP contribution >= 0.6 is 0 Å². The van der Waals surface area contributed by atoms with Crippen molar-refractivity contribution in [3.63, 3.8) is 0 Å². The van der Waals surface area contributed by atoms with Gasteiger partial charge in [0.1, 0.15) is 0 Å². The Morgan fingerprint density at radius 1 is 1.22 bits per heavy atom. The molecule has 5 heteroatoms. The zero-order valence-corrected chi connectivity index (χ0v) is 13.5. The summed E-state index contributed by atoms with van der Waals surface area (Å²) in [6.07, 6.45) is 1.12. The molecule has 0 saturated carbocycles. The highest BCUT2D eigenvalue weighted by molar-refractivity contribution is 7.86. The molecule has 0 heterocycles. The SMILES string of the molecule is CN=C(NCCC(C)C)NCCS(=O)C(C)(C)C. The van der Waals surface area contributed by atoms with E-state index >= 15 is 0 Å². The highest BCUT2D eigenvalue weighted by Crippen LogP contribution is 2.10. The highest BCUT2D eigenvalue weighted by Gasteiger charge is 2.18. The van der Waals surface area contributed by atoms with Crippen molar-refractivity contribution in [3.05, 3.63) is 0 Å². The molecule has 0 aromatic rings. The Labute approximate surface area is 114 Å². The van der Waals surface area contributed by atoms with Gasteiger partial charge < -0.3 is 10.6 Å². The monoisotopic (exact) mass is 275 g/mol. The van der Waals surface area contributed by atoms with Crippen molar-refractivity contribution in [2.45, 2.75) is 45.8 Å². The van der Waals surface area contributed by atoms with Gasteiger partial charge in [0.05, 0.1) is 0 Å². The first-order valence-electron chi connectivity index (χ1n) is 6.60. The molecule has 0 bridgehead atoms. The number of rotatable bonds is 6. The van der Waals surface area contributed by atoms with Gasteiger partial charge in [-0.25, -0.2) is 0 Å². The number of hydrogen-bond donors (Lipinski definition) is 2. The van der Waals surface area contributed by atoms with E-state index in [9.17, 15) is 4.21 Å². The lowest BCUT2D eigenvalue weighted by Gasteiger charge is -2.18. The van der Waals surface area contributed by atoms with Crippen LogP contribution in [-0.4, -0.2) is 40.8 Å². The second-order valence-corrected chi connectivity index (χ2v) is 8.09. The van der Waals surface area contributed by atoms with Gasteiger partial charge in [-0.1, -0.05) is 13.8 Å². The predicted octanol–water partition coefficient (Wildman–Crippen LogP) is 1.74. The first-order chi connectivity index (χ1) is 8.27. The van der Waals surface area contributed by atoms with Gasteiger partial charge in [-0.15, -0.1) is 0 Å². The molecule has 1 atom stereocenters. The van der Waals surface area contributed by atoms with Gasteiger partial charge >= 0.3 is 0 Å². The fourth-order valence-electron chi connectivity index (χ4n) is 1.27. The molecule has 108 valence electrons. The van der Waals surface area contributed by atoms with Crippen molar-refractivity contribution in [2.75, 3.05) is 25.9 Å². The molecule has 1 unspecified atom stereocenters. The van der Waals surface area contributed by atoms with E-state index in [0.717, 1.165) is 18.9 Å². The average Bonchev–Trinajstić information content (AvgIpc) is 2.24. The summed E-state index contributed by atoms with van der Waals surface area (Å²) in [6, 6.07) is 0. The minimum atomic E-state index is -0.814. The topological polar surface area (TPSA) is 53.5 Å². The molecule has 0 aromatic carbocycles. The lowest BCUT2D eigenvalue weighted by Crippen LogP contribution is -2.40. The summed E-state index contributed by atoms with van der Waals surface area (Å²) in [4.78, 5) is 4.14. The number of hydrogen-bond acceptors (Lipinski definition) is 2. The van der Waals surface area contributed by atoms with Crippen LogP contribution in [0.2, 0.25) is 0 Å². The van der Waals surface area contributed by atoms with Crippen molar-refractivity contribution < 1.29 is 4.21 Å². The smallest absolute Gasteiger partial charge is 0.191 e. The molecule has 0 aromatic heterocycles. The van der Waals surface area contributed by atoms with Gasteiger partial charge in [-0.05, 0) is 33.1 Å². The summed E-state index contributed by atoms with van der Waals surface area (Å²) in [5, 5.41) is 6.45. The molecular weight excluding hydrogens is 246 g/mol. The lowest BCUT2D eigenvalue weighted by molar-refractivity contribution is 0.574. The molecule has 0 spiro atoms. The normalized spacial score (nSPS) is 14.7. The molecule has 0 rings (SSSR count). The standard InChI is InChI=1S/C13H29N3OS/c1-11(2)7-8-15-12(14-6)16-9-10-18(17)13(3,4)5/h11H,7-10H2,1-6H3,(H2,14,15,16). The maximum atomic E-state index is 11.8. The fraction of sp³-hybridized carbons (Fsp3) is 0.923. The Kier molecular flexibility index (Phi) is 8.24. The third-order valence-corrected chi connectivity index (χ3v) is 4.44. The highest BCUT2D eigenvalue weighted by atomic mass is 32.2. The molecule has 0 fully saturated rings. The zero-order valence-electron chi connectivity index (χ0n) is 12.7. The Morgan fingerprint density at radius 2 is 1.78 bits per heavy atom. The van der Waals surface area contributed by atoms with E-state index in [-0.39, 0.29) is 4.75 Å². The van der Waals surface area contributed by atoms with E-state index in [2.05, 4.69) is 29.5 Å².